The van der Waals surface area contributed by atoms with E-state index in [-0.39, 0.29) is 37.2 Å². The highest BCUT2D eigenvalue weighted by Gasteiger charge is 2.33. The van der Waals surface area contributed by atoms with Crippen molar-refractivity contribution in [2.75, 3.05) is 26.4 Å². The lowest BCUT2D eigenvalue weighted by Crippen LogP contribution is -2.35. The zero-order chi connectivity index (χ0) is 33.8. The zero-order valence-corrected chi connectivity index (χ0v) is 28.8. The fourth-order valence-corrected chi connectivity index (χ4v) is 7.21. The highest BCUT2D eigenvalue weighted by atomic mass is 16.5. The van der Waals surface area contributed by atoms with Crippen LogP contribution >= 0.6 is 0 Å². The lowest BCUT2D eigenvalue weighted by molar-refractivity contribution is -0.159. The van der Waals surface area contributed by atoms with Crippen LogP contribution in [0.4, 0.5) is 0 Å². The van der Waals surface area contributed by atoms with Gasteiger partial charge in [0, 0.05) is 5.92 Å². The molecule has 6 heteroatoms. The third-order valence-corrected chi connectivity index (χ3v) is 10.6. The molecule has 0 radical (unpaired) electrons. The largest absolute Gasteiger partial charge is 0.465 e. The van der Waals surface area contributed by atoms with Gasteiger partial charge in [0.1, 0.15) is 0 Å². The molecule has 2 aliphatic carbocycles. The summed E-state index contributed by atoms with van der Waals surface area (Å²) >= 11 is 0. The van der Waals surface area contributed by atoms with Gasteiger partial charge in [0.25, 0.3) is 0 Å². The van der Waals surface area contributed by atoms with E-state index in [0.29, 0.717) is 11.8 Å². The van der Waals surface area contributed by atoms with Gasteiger partial charge in [-0.2, -0.15) is 0 Å². The maximum Gasteiger partial charge on any atom is 0.335 e. The van der Waals surface area contributed by atoms with E-state index in [0.717, 1.165) is 31.6 Å². The minimum atomic E-state index is -0.997. The number of carbonyl (C=O) groups excluding carboxylic acids is 2. The third kappa shape index (κ3) is 10.4. The van der Waals surface area contributed by atoms with Crippen LogP contribution in [-0.4, -0.2) is 48.6 Å². The van der Waals surface area contributed by atoms with Crippen molar-refractivity contribution >= 4 is 11.9 Å². The minimum absolute atomic E-state index is 0.00105. The highest BCUT2D eigenvalue weighted by molar-refractivity contribution is 5.87. The number of hydrogen-bond acceptors (Lipinski definition) is 6. The Labute approximate surface area is 282 Å². The number of aliphatic hydroxyl groups excluding tert-OH is 2. The van der Waals surface area contributed by atoms with Gasteiger partial charge in [-0.05, 0) is 131 Å². The molecule has 0 bridgehead atoms. The van der Waals surface area contributed by atoms with E-state index in [2.05, 4.69) is 74.2 Å². The van der Waals surface area contributed by atoms with E-state index in [4.69, 9.17) is 9.47 Å². The lowest BCUT2D eigenvalue weighted by Gasteiger charge is -2.34. The first-order valence-electron chi connectivity index (χ1n) is 17.7. The first-order chi connectivity index (χ1) is 22.6. The van der Waals surface area contributed by atoms with E-state index in [1.165, 1.54) is 60.8 Å². The standard InChI is InChI=1S/C41H56O6/c1-5-6-7-8-30-9-11-31(12-10-30)32-13-15-33(16-14-32)34-17-19-35(20-18-34)36-21-23-37(24-22-36)38(26-46-39(44)29(2)25-42)27-47-40(45)41(3,4)28-43/h5-6,13-20,30-31,36-38,42-43H,2,7-12,21-28H2,1,3-4H3/b6-5+. The normalized spacial score (nSPS) is 22.5. The van der Waals surface area contributed by atoms with Crippen LogP contribution in [0, 0.1) is 23.2 Å². The topological polar surface area (TPSA) is 93.1 Å². The molecule has 2 aromatic carbocycles. The second-order valence-corrected chi connectivity index (χ2v) is 14.5. The summed E-state index contributed by atoms with van der Waals surface area (Å²) < 4.78 is 11.0. The lowest BCUT2D eigenvalue weighted by atomic mass is 9.74. The Hall–Kier alpha value is -3.22. The molecule has 6 nitrogen and oxygen atoms in total. The van der Waals surface area contributed by atoms with Gasteiger partial charge in [-0.15, -0.1) is 0 Å². The molecular weight excluding hydrogens is 588 g/mol. The fraction of sp³-hybridized carbons (Fsp3) is 0.561. The average Bonchev–Trinajstić information content (AvgIpc) is 3.11. The molecule has 2 aromatic rings. The molecule has 2 aliphatic rings. The molecule has 2 N–H and O–H groups in total. The van der Waals surface area contributed by atoms with Gasteiger partial charge in [-0.1, -0.05) is 67.3 Å². The van der Waals surface area contributed by atoms with Gasteiger partial charge in [-0.3, -0.25) is 4.79 Å². The molecule has 2 saturated carbocycles. The third-order valence-electron chi connectivity index (χ3n) is 10.6. The van der Waals surface area contributed by atoms with Crippen LogP contribution in [0.25, 0.3) is 11.1 Å². The van der Waals surface area contributed by atoms with Crippen molar-refractivity contribution < 1.29 is 29.3 Å². The van der Waals surface area contributed by atoms with Gasteiger partial charge >= 0.3 is 11.9 Å². The number of rotatable bonds is 15. The van der Waals surface area contributed by atoms with Crippen LogP contribution in [0.2, 0.25) is 0 Å². The second-order valence-electron chi connectivity index (χ2n) is 14.5. The van der Waals surface area contributed by atoms with Gasteiger partial charge in [0.05, 0.1) is 37.4 Å². The zero-order valence-electron chi connectivity index (χ0n) is 28.8. The summed E-state index contributed by atoms with van der Waals surface area (Å²) in [7, 11) is 0. The van der Waals surface area contributed by atoms with Crippen LogP contribution in [0.1, 0.15) is 108 Å². The van der Waals surface area contributed by atoms with E-state index in [1.807, 2.05) is 0 Å². The second kappa shape index (κ2) is 17.8. The average molecular weight is 645 g/mol. The molecule has 2 fully saturated rings. The Kier molecular flexibility index (Phi) is 13.9. The predicted octanol–water partition coefficient (Wildman–Crippen LogP) is 8.53. The Balaban J connectivity index is 1.30. The van der Waals surface area contributed by atoms with Crippen LogP contribution < -0.4 is 0 Å². The smallest absolute Gasteiger partial charge is 0.335 e. The van der Waals surface area contributed by atoms with Gasteiger partial charge in [-0.25, -0.2) is 4.79 Å². The summed E-state index contributed by atoms with van der Waals surface area (Å²) in [5, 5.41) is 18.8. The van der Waals surface area contributed by atoms with Crippen LogP contribution in [0.5, 0.6) is 0 Å². The van der Waals surface area contributed by atoms with Crippen molar-refractivity contribution in [2.24, 2.45) is 23.2 Å². The summed E-state index contributed by atoms with van der Waals surface area (Å²) in [6.07, 6.45) is 16.2. The molecule has 0 aromatic heterocycles. The number of allylic oxidation sites excluding steroid dienone is 2. The summed E-state index contributed by atoms with van der Waals surface area (Å²) in [5.41, 5.74) is 4.31. The molecule has 0 amide bonds. The Bertz CT molecular complexity index is 1310. The van der Waals surface area contributed by atoms with Gasteiger partial charge in [0.2, 0.25) is 0 Å². The van der Waals surface area contributed by atoms with E-state index in [1.54, 1.807) is 13.8 Å². The number of aliphatic hydroxyl groups is 2. The van der Waals surface area contributed by atoms with E-state index < -0.39 is 24.0 Å². The molecule has 0 heterocycles. The number of hydrogen-bond donors (Lipinski definition) is 2. The van der Waals surface area contributed by atoms with Gasteiger partial charge < -0.3 is 19.7 Å². The van der Waals surface area contributed by atoms with E-state index in [9.17, 15) is 19.8 Å². The maximum absolute atomic E-state index is 12.5. The molecule has 0 aliphatic heterocycles. The molecule has 0 spiro atoms. The number of esters is 2. The molecule has 1 unspecified atom stereocenters. The number of benzene rings is 2. The molecule has 0 saturated heterocycles. The van der Waals surface area contributed by atoms with Crippen molar-refractivity contribution in [1.29, 1.82) is 0 Å². The van der Waals surface area contributed by atoms with Crippen molar-refractivity contribution in [3.8, 4) is 11.1 Å². The fourth-order valence-electron chi connectivity index (χ4n) is 7.21. The Morgan fingerprint density at radius 1 is 0.830 bits per heavy atom. The minimum Gasteiger partial charge on any atom is -0.465 e. The van der Waals surface area contributed by atoms with E-state index >= 15 is 0 Å². The monoisotopic (exact) mass is 644 g/mol. The summed E-state index contributed by atoms with van der Waals surface area (Å²) in [6.45, 7) is 8.36. The van der Waals surface area contributed by atoms with Crippen molar-refractivity contribution in [1.82, 2.24) is 0 Å². The Morgan fingerprint density at radius 3 is 1.83 bits per heavy atom. The quantitative estimate of drug-likeness (QED) is 0.115. The molecule has 1 atom stereocenters. The summed E-state index contributed by atoms with van der Waals surface area (Å²) in [5.74, 6) is 0.953. The Morgan fingerprint density at radius 2 is 1.34 bits per heavy atom. The first kappa shape index (κ1) is 36.6. The van der Waals surface area contributed by atoms with Crippen LogP contribution in [0.15, 0.2) is 72.8 Å². The molecule has 47 heavy (non-hydrogen) atoms. The van der Waals surface area contributed by atoms with Crippen molar-refractivity contribution in [2.45, 2.75) is 96.8 Å². The molecule has 256 valence electrons. The molecular formula is C41H56O6. The summed E-state index contributed by atoms with van der Waals surface area (Å²) in [4.78, 5) is 24.7. The van der Waals surface area contributed by atoms with Crippen LogP contribution in [-0.2, 0) is 19.1 Å². The number of ether oxygens (including phenoxy) is 2. The van der Waals surface area contributed by atoms with Crippen LogP contribution in [0.3, 0.4) is 0 Å². The first-order valence-corrected chi connectivity index (χ1v) is 17.7. The molecule has 4 rings (SSSR count). The van der Waals surface area contributed by atoms with Gasteiger partial charge in [0.15, 0.2) is 0 Å². The van der Waals surface area contributed by atoms with Crippen molar-refractivity contribution in [3.63, 3.8) is 0 Å². The SMILES string of the molecule is C=C(CO)C(=O)OCC(COC(=O)C(C)(C)CO)C1CCC(c2ccc(-c3ccc(C4CCC(CC/C=C/C)CC4)cc3)cc2)CC1. The van der Waals surface area contributed by atoms with Crippen molar-refractivity contribution in [3.05, 3.63) is 84.0 Å². The summed E-state index contributed by atoms with van der Waals surface area (Å²) in [6, 6.07) is 18.3. The number of carbonyl (C=O) groups is 2. The predicted molar refractivity (Wildman–Crippen MR) is 188 cm³/mol. The maximum atomic E-state index is 12.5. The highest BCUT2D eigenvalue weighted by Crippen LogP contribution is 2.41.